The molecule has 0 amide bonds. The average molecular weight is 345 g/mol. The number of pyridine rings is 1. The van der Waals surface area contributed by atoms with Crippen LogP contribution in [0.2, 0.25) is 5.02 Å². The number of hydrogen-bond acceptors (Lipinski definition) is 4. The Morgan fingerprint density at radius 2 is 2.08 bits per heavy atom. The van der Waals surface area contributed by atoms with E-state index in [9.17, 15) is 0 Å². The summed E-state index contributed by atoms with van der Waals surface area (Å²) in [7, 11) is 0. The Bertz CT molecular complexity index is 729. The van der Waals surface area contributed by atoms with Crippen LogP contribution in [0.15, 0.2) is 30.3 Å². The highest BCUT2D eigenvalue weighted by atomic mass is 35.5. The van der Waals surface area contributed by atoms with Crippen molar-refractivity contribution in [3.05, 3.63) is 52.2 Å². The van der Waals surface area contributed by atoms with Crippen molar-refractivity contribution in [1.29, 1.82) is 0 Å². The molecule has 0 unspecified atom stereocenters. The van der Waals surface area contributed by atoms with Crippen molar-refractivity contribution in [2.45, 2.75) is 31.8 Å². The molecule has 5 heteroatoms. The number of ether oxygens (including phenoxy) is 2. The van der Waals surface area contributed by atoms with Gasteiger partial charge in [0.25, 0.3) is 0 Å². The van der Waals surface area contributed by atoms with Gasteiger partial charge in [-0.05, 0) is 38.1 Å². The topological polar surface area (TPSA) is 43.4 Å². The molecule has 4 rings (SSSR count). The zero-order valence-electron chi connectivity index (χ0n) is 13.6. The van der Waals surface area contributed by atoms with Crippen LogP contribution in [-0.2, 0) is 13.0 Å². The first-order valence-corrected chi connectivity index (χ1v) is 8.92. The molecule has 0 bridgehead atoms. The molecule has 2 aliphatic rings. The van der Waals surface area contributed by atoms with Crippen LogP contribution in [0, 0.1) is 0 Å². The summed E-state index contributed by atoms with van der Waals surface area (Å²) >= 11 is 6.23. The molecule has 1 fully saturated rings. The largest absolute Gasteiger partial charge is 0.492 e. The lowest BCUT2D eigenvalue weighted by atomic mass is 9.94. The predicted molar refractivity (Wildman–Crippen MR) is 94.1 cm³/mol. The van der Waals surface area contributed by atoms with E-state index in [0.29, 0.717) is 25.0 Å². The number of halogens is 1. The fourth-order valence-electron chi connectivity index (χ4n) is 3.44. The Kier molecular flexibility index (Phi) is 4.58. The van der Waals surface area contributed by atoms with Gasteiger partial charge < -0.3 is 14.8 Å². The van der Waals surface area contributed by atoms with Gasteiger partial charge in [-0.3, -0.25) is 0 Å². The molecular weight excluding hydrogens is 324 g/mol. The van der Waals surface area contributed by atoms with Crippen LogP contribution in [0.25, 0.3) is 0 Å². The molecule has 1 saturated heterocycles. The van der Waals surface area contributed by atoms with Crippen LogP contribution in [0.4, 0.5) is 0 Å². The first-order valence-electron chi connectivity index (χ1n) is 8.55. The molecule has 0 spiro atoms. The van der Waals surface area contributed by atoms with Crippen molar-refractivity contribution in [3.63, 3.8) is 0 Å². The van der Waals surface area contributed by atoms with Gasteiger partial charge in [-0.2, -0.15) is 0 Å². The molecule has 0 aliphatic carbocycles. The molecule has 0 atom stereocenters. The number of aromatic nitrogens is 1. The highest BCUT2D eigenvalue weighted by Gasteiger charge is 2.20. The van der Waals surface area contributed by atoms with E-state index in [4.69, 9.17) is 26.1 Å². The first-order chi connectivity index (χ1) is 11.8. The van der Waals surface area contributed by atoms with E-state index in [1.54, 1.807) is 0 Å². The fraction of sp³-hybridized carbons (Fsp3) is 0.421. The van der Waals surface area contributed by atoms with E-state index in [1.807, 2.05) is 24.3 Å². The Labute approximate surface area is 147 Å². The van der Waals surface area contributed by atoms with Gasteiger partial charge in [0, 0.05) is 40.2 Å². The third-order valence-electron chi connectivity index (χ3n) is 4.76. The number of rotatable bonds is 4. The van der Waals surface area contributed by atoms with E-state index >= 15 is 0 Å². The summed E-state index contributed by atoms with van der Waals surface area (Å²) in [6.45, 7) is 3.26. The maximum Gasteiger partial charge on any atom is 0.213 e. The quantitative estimate of drug-likeness (QED) is 0.918. The van der Waals surface area contributed by atoms with Crippen molar-refractivity contribution in [3.8, 4) is 11.6 Å². The van der Waals surface area contributed by atoms with E-state index < -0.39 is 0 Å². The minimum absolute atomic E-state index is 0.447. The summed E-state index contributed by atoms with van der Waals surface area (Å²) in [4.78, 5) is 4.71. The summed E-state index contributed by atoms with van der Waals surface area (Å²) in [6.07, 6.45) is 3.13. The minimum atomic E-state index is 0.447. The van der Waals surface area contributed by atoms with Crippen LogP contribution in [0.3, 0.4) is 0 Å². The third-order valence-corrected chi connectivity index (χ3v) is 5.12. The Morgan fingerprint density at radius 1 is 1.21 bits per heavy atom. The molecular formula is C19H21ClN2O2. The molecule has 0 saturated carbocycles. The molecule has 1 aromatic carbocycles. The highest BCUT2D eigenvalue weighted by molar-refractivity contribution is 6.31. The van der Waals surface area contributed by atoms with E-state index in [1.165, 1.54) is 0 Å². The number of nitrogens with one attached hydrogen (secondary N) is 1. The van der Waals surface area contributed by atoms with Gasteiger partial charge in [0.15, 0.2) is 0 Å². The maximum atomic E-state index is 6.23. The Morgan fingerprint density at radius 3 is 2.96 bits per heavy atom. The highest BCUT2D eigenvalue weighted by Crippen LogP contribution is 2.35. The smallest absolute Gasteiger partial charge is 0.213 e. The molecule has 1 aromatic heterocycles. The van der Waals surface area contributed by atoms with Crippen LogP contribution in [0.5, 0.6) is 11.6 Å². The van der Waals surface area contributed by atoms with Crippen molar-refractivity contribution in [1.82, 2.24) is 10.3 Å². The van der Waals surface area contributed by atoms with Crippen molar-refractivity contribution in [2.24, 2.45) is 0 Å². The van der Waals surface area contributed by atoms with Crippen LogP contribution in [0.1, 0.15) is 35.6 Å². The van der Waals surface area contributed by atoms with Crippen molar-refractivity contribution >= 4 is 11.6 Å². The normalized spacial score (nSPS) is 17.4. The fourth-order valence-corrected chi connectivity index (χ4v) is 3.69. The summed E-state index contributed by atoms with van der Waals surface area (Å²) < 4.78 is 11.7. The summed E-state index contributed by atoms with van der Waals surface area (Å²) in [5.41, 5.74) is 3.25. The molecule has 2 aliphatic heterocycles. The number of fused-ring (bicyclic) bond motifs is 1. The second kappa shape index (κ2) is 6.99. The van der Waals surface area contributed by atoms with Gasteiger partial charge in [0.05, 0.1) is 6.61 Å². The van der Waals surface area contributed by atoms with Crippen molar-refractivity contribution in [2.75, 3.05) is 19.7 Å². The lowest BCUT2D eigenvalue weighted by Gasteiger charge is -2.22. The zero-order valence-corrected chi connectivity index (χ0v) is 14.3. The van der Waals surface area contributed by atoms with Gasteiger partial charge in [-0.1, -0.05) is 23.7 Å². The molecule has 4 nitrogen and oxygen atoms in total. The lowest BCUT2D eigenvalue weighted by molar-refractivity contribution is 0.280. The predicted octanol–water partition coefficient (Wildman–Crippen LogP) is 3.72. The molecule has 1 N–H and O–H groups in total. The second-order valence-electron chi connectivity index (χ2n) is 6.33. The molecule has 2 aromatic rings. The Balaban J connectivity index is 1.48. The van der Waals surface area contributed by atoms with E-state index in [2.05, 4.69) is 11.4 Å². The summed E-state index contributed by atoms with van der Waals surface area (Å²) in [5, 5.41) is 4.17. The first kappa shape index (κ1) is 15.7. The number of piperidine rings is 1. The maximum absolute atomic E-state index is 6.23. The van der Waals surface area contributed by atoms with Gasteiger partial charge in [0.1, 0.15) is 12.4 Å². The van der Waals surface area contributed by atoms with Crippen LogP contribution >= 0.6 is 11.6 Å². The van der Waals surface area contributed by atoms with Gasteiger partial charge in [-0.25, -0.2) is 4.98 Å². The third kappa shape index (κ3) is 3.21. The van der Waals surface area contributed by atoms with Crippen LogP contribution < -0.4 is 14.8 Å². The van der Waals surface area contributed by atoms with Crippen LogP contribution in [-0.4, -0.2) is 24.7 Å². The second-order valence-corrected chi connectivity index (χ2v) is 6.73. The summed E-state index contributed by atoms with van der Waals surface area (Å²) in [5.74, 6) is 2.09. The lowest BCUT2D eigenvalue weighted by Crippen LogP contribution is -2.27. The molecule has 126 valence electrons. The number of nitrogens with zero attached hydrogens (tertiary/aromatic N) is 1. The van der Waals surface area contributed by atoms with Crippen molar-refractivity contribution < 1.29 is 9.47 Å². The zero-order chi connectivity index (χ0) is 16.4. The number of benzene rings is 1. The van der Waals surface area contributed by atoms with Gasteiger partial charge in [0.2, 0.25) is 5.88 Å². The minimum Gasteiger partial charge on any atom is -0.492 e. The standard InChI is InChI=1S/C19H21ClN2O2/c20-16-5-4-14(19-15(16)8-11-23-19)12-24-18-3-1-2-17(22-18)13-6-9-21-10-7-13/h1-5,13,21H,6-12H2. The average Bonchev–Trinajstić information content (AvgIpc) is 3.13. The molecule has 24 heavy (non-hydrogen) atoms. The number of hydrogen-bond donors (Lipinski definition) is 1. The SMILES string of the molecule is Clc1ccc(COc2cccc(C3CCNCC3)n2)c2c1CCO2. The van der Waals surface area contributed by atoms with E-state index in [-0.39, 0.29) is 0 Å². The van der Waals surface area contributed by atoms with Gasteiger partial charge in [-0.15, -0.1) is 0 Å². The monoisotopic (exact) mass is 344 g/mol. The Hall–Kier alpha value is -1.78. The molecule has 0 radical (unpaired) electrons. The van der Waals surface area contributed by atoms with Gasteiger partial charge >= 0.3 is 0 Å². The molecule has 3 heterocycles. The summed E-state index contributed by atoms with van der Waals surface area (Å²) in [6, 6.07) is 9.95. The van der Waals surface area contributed by atoms with E-state index in [0.717, 1.165) is 59.9 Å².